The molecule has 37 heavy (non-hydrogen) atoms. The zero-order valence-electron chi connectivity index (χ0n) is 26.9. The van der Waals surface area contributed by atoms with Crippen LogP contribution in [0.25, 0.3) is 33.4 Å². The highest BCUT2D eigenvalue weighted by Gasteiger charge is 2.38. The molecule has 0 heterocycles. The SMILES string of the molecule is [2H]C([2H])([2H])C1(C([2H])([2H])[2H])c2ccccc2-c2ccc(Nc3cccc4c3-c3cc(-c5ccccc5)ccc3C4(C)C)cc21. The molecule has 0 unspecified atom stereocenters. The first kappa shape index (κ1) is 16.6. The van der Waals surface area contributed by atoms with Gasteiger partial charge in [-0.3, -0.25) is 0 Å². The lowest BCUT2D eigenvalue weighted by atomic mass is 9.82. The number of nitrogens with one attached hydrogen (secondary N) is 1. The second kappa shape index (κ2) is 7.70. The molecule has 1 heteroatoms. The quantitative estimate of drug-likeness (QED) is 0.269. The molecule has 180 valence electrons. The third kappa shape index (κ3) is 3.17. The molecule has 2 aliphatic rings. The number of hydrogen-bond acceptors (Lipinski definition) is 1. The van der Waals surface area contributed by atoms with Crippen LogP contribution in [-0.2, 0) is 10.8 Å². The van der Waals surface area contributed by atoms with E-state index in [1.807, 2.05) is 54.6 Å². The topological polar surface area (TPSA) is 12.0 Å². The van der Waals surface area contributed by atoms with Crippen LogP contribution in [0, 0.1) is 0 Å². The molecule has 0 spiro atoms. The Balaban J connectivity index is 1.39. The summed E-state index contributed by atoms with van der Waals surface area (Å²) in [6.07, 6.45) is 0. The highest BCUT2D eigenvalue weighted by atomic mass is 14.9. The molecule has 0 saturated heterocycles. The van der Waals surface area contributed by atoms with E-state index in [0.717, 1.165) is 27.9 Å². The molecule has 0 fully saturated rings. The Morgan fingerprint density at radius 3 is 2.11 bits per heavy atom. The van der Waals surface area contributed by atoms with Crippen molar-refractivity contribution in [1.82, 2.24) is 0 Å². The van der Waals surface area contributed by atoms with Gasteiger partial charge in [0.15, 0.2) is 0 Å². The Hall–Kier alpha value is -4.10. The van der Waals surface area contributed by atoms with Gasteiger partial charge < -0.3 is 5.32 Å². The van der Waals surface area contributed by atoms with Gasteiger partial charge in [0, 0.05) is 36.0 Å². The Bertz CT molecular complexity index is 1890. The molecule has 5 aromatic rings. The van der Waals surface area contributed by atoms with Gasteiger partial charge in [0.2, 0.25) is 0 Å². The van der Waals surface area contributed by atoms with Gasteiger partial charge in [0.25, 0.3) is 0 Å². The van der Waals surface area contributed by atoms with E-state index in [-0.39, 0.29) is 5.41 Å². The maximum Gasteiger partial charge on any atom is 0.0467 e. The van der Waals surface area contributed by atoms with Gasteiger partial charge in [0.05, 0.1) is 0 Å². The summed E-state index contributed by atoms with van der Waals surface area (Å²) in [5.74, 6) is 0. The maximum atomic E-state index is 8.56. The van der Waals surface area contributed by atoms with Crippen molar-refractivity contribution in [2.45, 2.75) is 38.4 Å². The van der Waals surface area contributed by atoms with Crippen LogP contribution in [-0.4, -0.2) is 0 Å². The second-order valence-electron chi connectivity index (χ2n) is 10.7. The molecule has 2 aliphatic carbocycles. The first-order valence-corrected chi connectivity index (χ1v) is 12.7. The average Bonchev–Trinajstić information content (AvgIpc) is 3.40. The summed E-state index contributed by atoms with van der Waals surface area (Å²) in [5.41, 5.74) is 8.07. The number of anilines is 2. The normalized spacial score (nSPS) is 18.5. The summed E-state index contributed by atoms with van der Waals surface area (Å²) in [4.78, 5) is 0. The Morgan fingerprint density at radius 1 is 0.541 bits per heavy atom. The van der Waals surface area contributed by atoms with Crippen LogP contribution in [0.1, 0.15) is 58.0 Å². The third-order valence-electron chi connectivity index (χ3n) is 8.13. The van der Waals surface area contributed by atoms with Crippen molar-refractivity contribution in [3.05, 3.63) is 131 Å². The van der Waals surface area contributed by atoms with Gasteiger partial charge in [-0.2, -0.15) is 0 Å². The van der Waals surface area contributed by atoms with E-state index < -0.39 is 19.1 Å². The highest BCUT2D eigenvalue weighted by Crippen LogP contribution is 2.53. The standard InChI is InChI=1S/C36H31N/c1-35(2)30-20-17-24(23-11-6-5-7-12-23)21-28(30)34-31(35)15-10-16-33(34)37-25-18-19-27-26-13-8-9-14-29(26)36(3,4)32(27)22-25/h5-22,37H,1-4H3/i3D3,4D3. The van der Waals surface area contributed by atoms with Crippen molar-refractivity contribution in [1.29, 1.82) is 0 Å². The molecule has 0 amide bonds. The fourth-order valence-corrected chi connectivity index (χ4v) is 6.23. The van der Waals surface area contributed by atoms with Crippen LogP contribution in [0.3, 0.4) is 0 Å². The Kier molecular flexibility index (Phi) is 3.46. The molecule has 1 nitrogen and oxygen atoms in total. The van der Waals surface area contributed by atoms with Crippen LogP contribution >= 0.6 is 0 Å². The van der Waals surface area contributed by atoms with E-state index in [1.54, 1.807) is 18.2 Å². The summed E-state index contributed by atoms with van der Waals surface area (Å²) in [5, 5.41) is 3.57. The monoisotopic (exact) mass is 483 g/mol. The van der Waals surface area contributed by atoms with Crippen molar-refractivity contribution >= 4 is 11.4 Å². The van der Waals surface area contributed by atoms with Crippen molar-refractivity contribution < 1.29 is 8.22 Å². The number of rotatable bonds is 3. The molecule has 0 atom stereocenters. The highest BCUT2D eigenvalue weighted by molar-refractivity contribution is 5.93. The largest absolute Gasteiger partial charge is 0.355 e. The summed E-state index contributed by atoms with van der Waals surface area (Å²) in [7, 11) is 0. The van der Waals surface area contributed by atoms with Crippen molar-refractivity contribution in [2.24, 2.45) is 0 Å². The zero-order chi connectivity index (χ0) is 30.4. The van der Waals surface area contributed by atoms with E-state index in [2.05, 4.69) is 55.6 Å². The minimum absolute atomic E-state index is 0.213. The summed E-state index contributed by atoms with van der Waals surface area (Å²) in [6, 6.07) is 35.7. The molecule has 0 bridgehead atoms. The van der Waals surface area contributed by atoms with Gasteiger partial charge in [0.1, 0.15) is 0 Å². The predicted octanol–water partition coefficient (Wildman–Crippen LogP) is 9.71. The molecule has 5 aromatic carbocycles. The number of hydrogen-bond donors (Lipinski definition) is 1. The second-order valence-corrected chi connectivity index (χ2v) is 10.7. The smallest absolute Gasteiger partial charge is 0.0467 e. The van der Waals surface area contributed by atoms with Gasteiger partial charge in [-0.1, -0.05) is 112 Å². The van der Waals surface area contributed by atoms with Crippen molar-refractivity contribution in [3.8, 4) is 33.4 Å². The predicted molar refractivity (Wildman–Crippen MR) is 157 cm³/mol. The molecule has 7 rings (SSSR count). The van der Waals surface area contributed by atoms with E-state index in [4.69, 9.17) is 8.22 Å². The first-order chi connectivity index (χ1) is 20.4. The molecular weight excluding hydrogens is 446 g/mol. The molecule has 0 saturated carbocycles. The number of fused-ring (bicyclic) bond motifs is 6. The summed E-state index contributed by atoms with van der Waals surface area (Å²) >= 11 is 0. The van der Waals surface area contributed by atoms with Crippen LogP contribution < -0.4 is 5.32 Å². The van der Waals surface area contributed by atoms with E-state index in [1.165, 1.54) is 11.1 Å². The van der Waals surface area contributed by atoms with Gasteiger partial charge >= 0.3 is 0 Å². The van der Waals surface area contributed by atoms with E-state index in [9.17, 15) is 0 Å². The number of benzene rings is 5. The zero-order valence-corrected chi connectivity index (χ0v) is 20.9. The van der Waals surface area contributed by atoms with Crippen LogP contribution in [0.5, 0.6) is 0 Å². The van der Waals surface area contributed by atoms with E-state index >= 15 is 0 Å². The molecule has 0 aliphatic heterocycles. The minimum Gasteiger partial charge on any atom is -0.355 e. The van der Waals surface area contributed by atoms with Crippen LogP contribution in [0.2, 0.25) is 0 Å². The third-order valence-corrected chi connectivity index (χ3v) is 8.13. The van der Waals surface area contributed by atoms with Gasteiger partial charge in [-0.25, -0.2) is 0 Å². The Morgan fingerprint density at radius 2 is 1.27 bits per heavy atom. The average molecular weight is 484 g/mol. The lowest BCUT2D eigenvalue weighted by Crippen LogP contribution is -2.15. The lowest BCUT2D eigenvalue weighted by Gasteiger charge is -2.23. The summed E-state index contributed by atoms with van der Waals surface area (Å²) in [6.45, 7) is -1.14. The molecule has 1 N–H and O–H groups in total. The Labute approximate surface area is 228 Å². The fourth-order valence-electron chi connectivity index (χ4n) is 6.23. The van der Waals surface area contributed by atoms with Gasteiger partial charge in [-0.15, -0.1) is 0 Å². The fraction of sp³-hybridized carbons (Fsp3) is 0.167. The minimum atomic E-state index is -2.80. The first-order valence-electron chi connectivity index (χ1n) is 15.7. The van der Waals surface area contributed by atoms with Crippen LogP contribution in [0.4, 0.5) is 11.4 Å². The molecular formula is C36H31N. The molecule has 0 aromatic heterocycles. The van der Waals surface area contributed by atoms with Crippen molar-refractivity contribution in [2.75, 3.05) is 5.32 Å². The maximum absolute atomic E-state index is 8.56. The summed E-state index contributed by atoms with van der Waals surface area (Å²) < 4.78 is 51.3. The lowest BCUT2D eigenvalue weighted by molar-refractivity contribution is 0.660. The van der Waals surface area contributed by atoms with Crippen molar-refractivity contribution in [3.63, 3.8) is 0 Å². The van der Waals surface area contributed by atoms with Crippen LogP contribution in [0.15, 0.2) is 109 Å². The molecule has 0 radical (unpaired) electrons. The van der Waals surface area contributed by atoms with Gasteiger partial charge in [-0.05, 0) is 74.3 Å². The van der Waals surface area contributed by atoms with E-state index in [0.29, 0.717) is 27.9 Å².